The molecule has 0 spiro atoms. The molecule has 1 aliphatic heterocycles. The van der Waals surface area contributed by atoms with Crippen molar-refractivity contribution in [1.29, 1.82) is 0 Å². The Kier molecular flexibility index (Phi) is 4.37. The summed E-state index contributed by atoms with van der Waals surface area (Å²) in [6.45, 7) is 1.81. The van der Waals surface area contributed by atoms with Crippen LogP contribution in [0.4, 0.5) is 0 Å². The van der Waals surface area contributed by atoms with Gasteiger partial charge in [-0.15, -0.1) is 0 Å². The number of halogens is 1. The van der Waals surface area contributed by atoms with Gasteiger partial charge in [-0.3, -0.25) is 4.79 Å². The van der Waals surface area contributed by atoms with E-state index in [2.05, 4.69) is 15.9 Å². The zero-order valence-electron chi connectivity index (χ0n) is 9.73. The van der Waals surface area contributed by atoms with Crippen molar-refractivity contribution in [2.75, 3.05) is 13.1 Å². The van der Waals surface area contributed by atoms with Gasteiger partial charge in [0, 0.05) is 23.6 Å². The van der Waals surface area contributed by atoms with Crippen LogP contribution in [-0.4, -0.2) is 23.9 Å². The molecule has 0 radical (unpaired) electrons. The van der Waals surface area contributed by atoms with E-state index in [-0.39, 0.29) is 5.91 Å². The van der Waals surface area contributed by atoms with E-state index in [1.165, 1.54) is 6.42 Å². The summed E-state index contributed by atoms with van der Waals surface area (Å²) < 4.78 is 1.05. The molecule has 2 nitrogen and oxygen atoms in total. The van der Waals surface area contributed by atoms with Crippen LogP contribution in [0.5, 0.6) is 0 Å². The van der Waals surface area contributed by atoms with Crippen LogP contribution in [0.15, 0.2) is 34.8 Å². The van der Waals surface area contributed by atoms with E-state index < -0.39 is 0 Å². The second kappa shape index (κ2) is 6.01. The Bertz CT molecular complexity index is 405. The summed E-state index contributed by atoms with van der Waals surface area (Å²) in [6.07, 6.45) is 7.08. The topological polar surface area (TPSA) is 20.3 Å². The van der Waals surface area contributed by atoms with Crippen LogP contribution >= 0.6 is 15.9 Å². The quantitative estimate of drug-likeness (QED) is 0.765. The Morgan fingerprint density at radius 3 is 2.41 bits per heavy atom. The van der Waals surface area contributed by atoms with E-state index in [4.69, 9.17) is 0 Å². The lowest BCUT2D eigenvalue weighted by Crippen LogP contribution is -2.34. The highest BCUT2D eigenvalue weighted by molar-refractivity contribution is 9.10. The zero-order valence-corrected chi connectivity index (χ0v) is 11.3. The first-order chi connectivity index (χ1) is 8.25. The van der Waals surface area contributed by atoms with Gasteiger partial charge in [-0.2, -0.15) is 0 Å². The fraction of sp³-hybridized carbons (Fsp3) is 0.357. The van der Waals surface area contributed by atoms with E-state index in [1.54, 1.807) is 6.08 Å². The summed E-state index contributed by atoms with van der Waals surface area (Å²) in [5.41, 5.74) is 1.05. The number of likely N-dealkylation sites (tertiary alicyclic amines) is 1. The molecule has 1 aromatic rings. The third kappa shape index (κ3) is 3.70. The number of rotatable bonds is 2. The Hall–Kier alpha value is -1.09. The van der Waals surface area contributed by atoms with Gasteiger partial charge < -0.3 is 4.90 Å². The normalized spacial score (nSPS) is 16.4. The van der Waals surface area contributed by atoms with Crippen molar-refractivity contribution >= 4 is 27.9 Å². The second-order valence-corrected chi connectivity index (χ2v) is 5.19. The third-order valence-corrected chi connectivity index (χ3v) is 3.48. The molecule has 2 rings (SSSR count). The molecule has 1 heterocycles. The van der Waals surface area contributed by atoms with Crippen molar-refractivity contribution in [2.45, 2.75) is 19.3 Å². The molecule has 17 heavy (non-hydrogen) atoms. The molecule has 0 aliphatic carbocycles. The smallest absolute Gasteiger partial charge is 0.246 e. The minimum Gasteiger partial charge on any atom is -0.339 e. The molecule has 0 atom stereocenters. The maximum atomic E-state index is 11.9. The van der Waals surface area contributed by atoms with Gasteiger partial charge in [0.05, 0.1) is 0 Å². The van der Waals surface area contributed by atoms with Gasteiger partial charge in [-0.05, 0) is 43.0 Å². The summed E-state index contributed by atoms with van der Waals surface area (Å²) >= 11 is 3.39. The number of nitrogens with zero attached hydrogens (tertiary/aromatic N) is 1. The Labute approximate surface area is 110 Å². The van der Waals surface area contributed by atoms with Crippen molar-refractivity contribution in [3.05, 3.63) is 40.4 Å². The lowest BCUT2D eigenvalue weighted by molar-refractivity contribution is -0.126. The number of carbonyl (C=O) groups is 1. The highest BCUT2D eigenvalue weighted by Crippen LogP contribution is 2.13. The molecule has 0 unspecified atom stereocenters. The number of benzene rings is 1. The number of amides is 1. The van der Waals surface area contributed by atoms with E-state index in [0.717, 1.165) is 36.0 Å². The van der Waals surface area contributed by atoms with Gasteiger partial charge in [-0.25, -0.2) is 0 Å². The molecule has 0 bridgehead atoms. The van der Waals surface area contributed by atoms with Gasteiger partial charge in [0.1, 0.15) is 0 Å². The lowest BCUT2D eigenvalue weighted by atomic mass is 10.1. The summed E-state index contributed by atoms with van der Waals surface area (Å²) in [5.74, 6) is 0.132. The molecule has 1 aliphatic rings. The highest BCUT2D eigenvalue weighted by Gasteiger charge is 2.13. The predicted octanol–water partition coefficient (Wildman–Crippen LogP) is 3.47. The first-order valence-corrected chi connectivity index (χ1v) is 6.77. The van der Waals surface area contributed by atoms with Crippen LogP contribution < -0.4 is 0 Å². The predicted molar refractivity (Wildman–Crippen MR) is 73.6 cm³/mol. The van der Waals surface area contributed by atoms with Gasteiger partial charge in [0.25, 0.3) is 0 Å². The monoisotopic (exact) mass is 293 g/mol. The minimum atomic E-state index is 0.132. The average Bonchev–Trinajstić information content (AvgIpc) is 2.39. The van der Waals surface area contributed by atoms with Gasteiger partial charge in [0.15, 0.2) is 0 Å². The Morgan fingerprint density at radius 1 is 1.12 bits per heavy atom. The third-order valence-electron chi connectivity index (χ3n) is 2.96. The second-order valence-electron chi connectivity index (χ2n) is 4.27. The van der Waals surface area contributed by atoms with Crippen molar-refractivity contribution < 1.29 is 4.79 Å². The molecular weight excluding hydrogens is 278 g/mol. The van der Waals surface area contributed by atoms with Crippen LogP contribution in [0, 0.1) is 0 Å². The average molecular weight is 294 g/mol. The van der Waals surface area contributed by atoms with Gasteiger partial charge >= 0.3 is 0 Å². The minimum absolute atomic E-state index is 0.132. The van der Waals surface area contributed by atoms with Crippen molar-refractivity contribution in [2.24, 2.45) is 0 Å². The molecule has 3 heteroatoms. The summed E-state index contributed by atoms with van der Waals surface area (Å²) in [6, 6.07) is 7.93. The largest absolute Gasteiger partial charge is 0.339 e. The van der Waals surface area contributed by atoms with E-state index in [1.807, 2.05) is 35.2 Å². The fourth-order valence-corrected chi connectivity index (χ4v) is 2.23. The van der Waals surface area contributed by atoms with E-state index in [9.17, 15) is 4.79 Å². The van der Waals surface area contributed by atoms with Gasteiger partial charge in [-0.1, -0.05) is 28.1 Å². The molecule has 1 fully saturated rings. The van der Waals surface area contributed by atoms with E-state index in [0.29, 0.717) is 0 Å². The standard InChI is InChI=1S/C14H16BrNO/c15-13-7-4-12(5-8-13)6-9-14(17)16-10-2-1-3-11-16/h4-9H,1-3,10-11H2. The summed E-state index contributed by atoms with van der Waals surface area (Å²) in [7, 11) is 0. The van der Waals surface area contributed by atoms with Crippen molar-refractivity contribution in [3.8, 4) is 0 Å². The first-order valence-electron chi connectivity index (χ1n) is 5.98. The van der Waals surface area contributed by atoms with Crippen LogP contribution in [0.2, 0.25) is 0 Å². The number of hydrogen-bond acceptors (Lipinski definition) is 1. The molecule has 1 aromatic carbocycles. The van der Waals surface area contributed by atoms with Crippen molar-refractivity contribution in [3.63, 3.8) is 0 Å². The van der Waals surface area contributed by atoms with Crippen LogP contribution in [0.25, 0.3) is 6.08 Å². The Balaban J connectivity index is 1.95. The maximum absolute atomic E-state index is 11.9. The fourth-order valence-electron chi connectivity index (χ4n) is 1.96. The molecular formula is C14H16BrNO. The number of hydrogen-bond donors (Lipinski definition) is 0. The summed E-state index contributed by atoms with van der Waals surface area (Å²) in [5, 5.41) is 0. The maximum Gasteiger partial charge on any atom is 0.246 e. The lowest BCUT2D eigenvalue weighted by Gasteiger charge is -2.25. The Morgan fingerprint density at radius 2 is 1.76 bits per heavy atom. The molecule has 1 amide bonds. The van der Waals surface area contributed by atoms with Crippen LogP contribution in [0.1, 0.15) is 24.8 Å². The van der Waals surface area contributed by atoms with Crippen LogP contribution in [0.3, 0.4) is 0 Å². The molecule has 0 saturated carbocycles. The molecule has 0 N–H and O–H groups in total. The number of piperidine rings is 1. The molecule has 1 saturated heterocycles. The SMILES string of the molecule is O=C(C=Cc1ccc(Br)cc1)N1CCCCC1. The zero-order chi connectivity index (χ0) is 12.1. The highest BCUT2D eigenvalue weighted by atomic mass is 79.9. The van der Waals surface area contributed by atoms with E-state index >= 15 is 0 Å². The molecule has 0 aromatic heterocycles. The van der Waals surface area contributed by atoms with Crippen LogP contribution in [-0.2, 0) is 4.79 Å². The van der Waals surface area contributed by atoms with Gasteiger partial charge in [0.2, 0.25) is 5.91 Å². The molecule has 90 valence electrons. The summed E-state index contributed by atoms with van der Waals surface area (Å²) in [4.78, 5) is 13.8. The number of carbonyl (C=O) groups excluding carboxylic acids is 1. The first kappa shape index (κ1) is 12.4. The van der Waals surface area contributed by atoms with Crippen molar-refractivity contribution in [1.82, 2.24) is 4.90 Å².